The van der Waals surface area contributed by atoms with Crippen LogP contribution in [0.3, 0.4) is 0 Å². The summed E-state index contributed by atoms with van der Waals surface area (Å²) < 4.78 is 22.9. The number of amides is 1. The van der Waals surface area contributed by atoms with Gasteiger partial charge in [0.05, 0.1) is 21.6 Å². The van der Waals surface area contributed by atoms with E-state index in [1.54, 1.807) is 24.3 Å². The van der Waals surface area contributed by atoms with Crippen LogP contribution in [-0.4, -0.2) is 31.3 Å². The van der Waals surface area contributed by atoms with E-state index in [0.717, 1.165) is 17.4 Å². The molecule has 0 aliphatic heterocycles. The molecule has 144 valence electrons. The number of nitro benzene ring substituents is 1. The van der Waals surface area contributed by atoms with Crippen molar-refractivity contribution in [3.8, 4) is 0 Å². The van der Waals surface area contributed by atoms with Gasteiger partial charge in [0.25, 0.3) is 5.69 Å². The largest absolute Gasteiger partial charge is 0.349 e. The Morgan fingerprint density at radius 1 is 1.15 bits per heavy atom. The van der Waals surface area contributed by atoms with Crippen molar-refractivity contribution in [1.29, 1.82) is 0 Å². The number of hydrogen-bond donors (Lipinski definition) is 1. The van der Waals surface area contributed by atoms with E-state index in [2.05, 4.69) is 5.32 Å². The first-order chi connectivity index (χ1) is 12.7. The van der Waals surface area contributed by atoms with Crippen molar-refractivity contribution in [2.24, 2.45) is 0 Å². The molecule has 0 saturated carbocycles. The van der Waals surface area contributed by atoms with Crippen LogP contribution in [-0.2, 0) is 20.4 Å². The zero-order valence-electron chi connectivity index (χ0n) is 14.9. The Bertz CT molecular complexity index is 910. The highest BCUT2D eigenvalue weighted by atomic mass is 32.2. The summed E-state index contributed by atoms with van der Waals surface area (Å²) in [6.07, 6.45) is 1.15. The highest BCUT2D eigenvalue weighted by molar-refractivity contribution is 7.99. The average Bonchev–Trinajstić information content (AvgIpc) is 2.61. The number of hydrogen-bond acceptors (Lipinski definition) is 6. The molecule has 1 amide bonds. The number of non-ortho nitro benzene ring substituents is 1. The normalized spacial score (nSPS) is 12.4. The van der Waals surface area contributed by atoms with Crippen LogP contribution in [0.15, 0.2) is 53.4 Å². The third kappa shape index (κ3) is 6.37. The third-order valence-corrected chi connectivity index (χ3v) is 5.97. The number of nitrogens with one attached hydrogen (secondary N) is 1. The maximum atomic E-state index is 12.1. The van der Waals surface area contributed by atoms with Gasteiger partial charge in [0.2, 0.25) is 5.91 Å². The van der Waals surface area contributed by atoms with E-state index in [4.69, 9.17) is 0 Å². The first-order valence-corrected chi connectivity index (χ1v) is 11.1. The molecule has 0 aliphatic rings. The molecule has 0 radical (unpaired) electrons. The monoisotopic (exact) mass is 408 g/mol. The highest BCUT2D eigenvalue weighted by Gasteiger charge is 2.12. The van der Waals surface area contributed by atoms with Gasteiger partial charge in [-0.2, -0.15) is 0 Å². The average molecular weight is 409 g/mol. The molecule has 2 aromatic carbocycles. The van der Waals surface area contributed by atoms with E-state index in [1.165, 1.54) is 36.0 Å². The van der Waals surface area contributed by atoms with Crippen molar-refractivity contribution in [3.63, 3.8) is 0 Å². The lowest BCUT2D eigenvalue weighted by atomic mass is 10.1. The molecule has 0 aliphatic carbocycles. The minimum Gasteiger partial charge on any atom is -0.349 e. The number of rotatable bonds is 8. The molecular formula is C18H20N2O5S2. The molecule has 0 spiro atoms. The van der Waals surface area contributed by atoms with E-state index < -0.39 is 14.8 Å². The molecule has 0 fully saturated rings. The van der Waals surface area contributed by atoms with Crippen LogP contribution in [0.5, 0.6) is 0 Å². The van der Waals surface area contributed by atoms with Crippen molar-refractivity contribution in [2.75, 3.05) is 12.0 Å². The van der Waals surface area contributed by atoms with Gasteiger partial charge in [-0.25, -0.2) is 8.42 Å². The summed E-state index contributed by atoms with van der Waals surface area (Å²) in [5.74, 6) is 0.688. The Kier molecular flexibility index (Phi) is 6.98. The lowest BCUT2D eigenvalue weighted by molar-refractivity contribution is -0.384. The topological polar surface area (TPSA) is 106 Å². The van der Waals surface area contributed by atoms with Crippen LogP contribution in [0.2, 0.25) is 0 Å². The second-order valence-corrected chi connectivity index (χ2v) is 9.05. The van der Waals surface area contributed by atoms with Crippen molar-refractivity contribution >= 4 is 33.2 Å². The summed E-state index contributed by atoms with van der Waals surface area (Å²) in [4.78, 5) is 22.5. The number of carbonyl (C=O) groups excluding carboxylic acids is 1. The molecule has 1 N–H and O–H groups in total. The fourth-order valence-electron chi connectivity index (χ4n) is 2.35. The molecule has 0 bridgehead atoms. The highest BCUT2D eigenvalue weighted by Crippen LogP contribution is 2.18. The molecule has 2 rings (SSSR count). The number of thioether (sulfide) groups is 1. The fourth-order valence-corrected chi connectivity index (χ4v) is 3.78. The van der Waals surface area contributed by atoms with Crippen LogP contribution in [0.4, 0.5) is 5.69 Å². The molecule has 7 nitrogen and oxygen atoms in total. The van der Waals surface area contributed by atoms with Crippen LogP contribution < -0.4 is 5.32 Å². The molecule has 27 heavy (non-hydrogen) atoms. The molecule has 0 heterocycles. The Labute approximate surface area is 162 Å². The Hall–Kier alpha value is -2.39. The number of nitrogens with zero attached hydrogens (tertiary/aromatic N) is 1. The lowest BCUT2D eigenvalue weighted by Gasteiger charge is -2.14. The van der Waals surface area contributed by atoms with Gasteiger partial charge in [-0.05, 0) is 30.2 Å². The Balaban J connectivity index is 1.81. The second kappa shape index (κ2) is 9.01. The molecule has 1 atom stereocenters. The quantitative estimate of drug-likeness (QED) is 0.531. The number of carbonyl (C=O) groups is 1. The zero-order chi connectivity index (χ0) is 20.0. The van der Waals surface area contributed by atoms with Crippen LogP contribution in [0.25, 0.3) is 0 Å². The maximum absolute atomic E-state index is 12.1. The minimum atomic E-state index is -3.24. The molecular weight excluding hydrogens is 388 g/mol. The van der Waals surface area contributed by atoms with Gasteiger partial charge in [-0.15, -0.1) is 11.8 Å². The second-order valence-electron chi connectivity index (χ2n) is 6.05. The SMILES string of the molecule is CC(NC(=O)CSCc1ccc([N+](=O)[O-])cc1)c1ccc(S(C)(=O)=O)cc1. The van der Waals surface area contributed by atoms with E-state index in [-0.39, 0.29) is 28.3 Å². The Morgan fingerprint density at radius 2 is 1.74 bits per heavy atom. The molecule has 2 aromatic rings. The third-order valence-electron chi connectivity index (χ3n) is 3.83. The summed E-state index contributed by atoms with van der Waals surface area (Å²) in [5, 5.41) is 13.5. The molecule has 1 unspecified atom stereocenters. The molecule has 9 heteroatoms. The van der Waals surface area contributed by atoms with Gasteiger partial charge >= 0.3 is 0 Å². The van der Waals surface area contributed by atoms with E-state index in [9.17, 15) is 23.3 Å². The lowest BCUT2D eigenvalue weighted by Crippen LogP contribution is -2.28. The predicted molar refractivity (Wildman–Crippen MR) is 105 cm³/mol. The summed E-state index contributed by atoms with van der Waals surface area (Å²) in [7, 11) is -3.24. The number of benzene rings is 2. The van der Waals surface area contributed by atoms with Crippen molar-refractivity contribution in [1.82, 2.24) is 5.32 Å². The molecule has 0 saturated heterocycles. The maximum Gasteiger partial charge on any atom is 0.269 e. The van der Waals surface area contributed by atoms with Gasteiger partial charge < -0.3 is 5.32 Å². The van der Waals surface area contributed by atoms with E-state index in [0.29, 0.717) is 5.75 Å². The van der Waals surface area contributed by atoms with Gasteiger partial charge in [0, 0.05) is 24.1 Å². The first-order valence-electron chi connectivity index (χ1n) is 8.07. The van der Waals surface area contributed by atoms with Crippen molar-refractivity contribution in [2.45, 2.75) is 23.6 Å². The van der Waals surface area contributed by atoms with Crippen molar-refractivity contribution < 1.29 is 18.1 Å². The van der Waals surface area contributed by atoms with Crippen molar-refractivity contribution in [3.05, 3.63) is 69.8 Å². The van der Waals surface area contributed by atoms with E-state index >= 15 is 0 Å². The summed E-state index contributed by atoms with van der Waals surface area (Å²) in [6, 6.07) is 12.4. The first kappa shape index (κ1) is 20.9. The summed E-state index contributed by atoms with van der Waals surface area (Å²) in [6.45, 7) is 1.83. The smallest absolute Gasteiger partial charge is 0.269 e. The van der Waals surface area contributed by atoms with Crippen LogP contribution >= 0.6 is 11.8 Å². The zero-order valence-corrected chi connectivity index (χ0v) is 16.5. The van der Waals surface area contributed by atoms with Crippen LogP contribution in [0, 0.1) is 10.1 Å². The van der Waals surface area contributed by atoms with Gasteiger partial charge in [0.15, 0.2) is 9.84 Å². The van der Waals surface area contributed by atoms with E-state index in [1.807, 2.05) is 6.92 Å². The van der Waals surface area contributed by atoms with Crippen LogP contribution in [0.1, 0.15) is 24.1 Å². The number of nitro groups is 1. The number of sulfone groups is 1. The summed E-state index contributed by atoms with van der Waals surface area (Å²) in [5.41, 5.74) is 1.76. The Morgan fingerprint density at radius 3 is 2.26 bits per heavy atom. The van der Waals surface area contributed by atoms with Gasteiger partial charge in [-0.1, -0.05) is 24.3 Å². The minimum absolute atomic E-state index is 0.0391. The predicted octanol–water partition coefficient (Wildman–Crippen LogP) is 3.11. The summed E-state index contributed by atoms with van der Waals surface area (Å²) >= 11 is 1.41. The fraction of sp³-hybridized carbons (Fsp3) is 0.278. The van der Waals surface area contributed by atoms with Gasteiger partial charge in [-0.3, -0.25) is 14.9 Å². The molecule has 0 aromatic heterocycles. The van der Waals surface area contributed by atoms with Gasteiger partial charge in [0.1, 0.15) is 0 Å². The standard InChI is InChI=1S/C18H20N2O5S2/c1-13(15-5-9-17(10-6-15)27(2,24)25)19-18(21)12-26-11-14-3-7-16(8-4-14)20(22)23/h3-10,13H,11-12H2,1-2H3,(H,19,21).